The molecule has 1 atom stereocenters. The number of nitrogens with zero attached hydrogens (tertiary/aromatic N) is 1. The number of aromatic nitrogens is 1. The van der Waals surface area contributed by atoms with E-state index in [1.807, 2.05) is 0 Å². The molecule has 0 aliphatic heterocycles. The van der Waals surface area contributed by atoms with Gasteiger partial charge < -0.3 is 9.84 Å². The number of halogens is 1. The van der Waals surface area contributed by atoms with E-state index in [1.54, 1.807) is 13.8 Å². The predicted octanol–water partition coefficient (Wildman–Crippen LogP) is 1.27. The van der Waals surface area contributed by atoms with Gasteiger partial charge in [0.25, 0.3) is 0 Å². The Morgan fingerprint density at radius 3 is 2.74 bits per heavy atom. The molecular weight excluding hydrogens is 316 g/mol. The van der Waals surface area contributed by atoms with E-state index in [1.165, 1.54) is 12.3 Å². The van der Waals surface area contributed by atoms with Crippen molar-refractivity contribution in [2.45, 2.75) is 19.9 Å². The molecule has 19 heavy (non-hydrogen) atoms. The molecule has 0 amide bonds. The number of aromatic hydroxyl groups is 1. The number of rotatable bonds is 6. The molecule has 104 valence electrons. The molecule has 1 unspecified atom stereocenters. The molecule has 2 N–H and O–H groups in total. The third kappa shape index (κ3) is 4.00. The molecule has 1 rings (SSSR count). The van der Waals surface area contributed by atoms with Crippen LogP contribution in [0.5, 0.6) is 5.88 Å². The average molecular weight is 331 g/mol. The minimum atomic E-state index is -1.07. The molecule has 0 aliphatic rings. The Hall–Kier alpha value is -1.47. The Morgan fingerprint density at radius 2 is 2.21 bits per heavy atom. The summed E-state index contributed by atoms with van der Waals surface area (Å²) in [5, 5.41) is 12.1. The highest BCUT2D eigenvalue weighted by atomic mass is 79.9. The van der Waals surface area contributed by atoms with E-state index in [2.05, 4.69) is 26.2 Å². The van der Waals surface area contributed by atoms with Crippen molar-refractivity contribution in [1.29, 1.82) is 0 Å². The summed E-state index contributed by atoms with van der Waals surface area (Å²) >= 11 is 3.07. The lowest BCUT2D eigenvalue weighted by molar-refractivity contribution is -0.144. The van der Waals surface area contributed by atoms with Crippen molar-refractivity contribution in [2.24, 2.45) is 0 Å². The second-order valence-corrected chi connectivity index (χ2v) is 4.49. The Bertz CT molecular complexity index is 479. The van der Waals surface area contributed by atoms with Crippen LogP contribution in [0.2, 0.25) is 0 Å². The lowest BCUT2D eigenvalue weighted by atomic mass is 10.1. The summed E-state index contributed by atoms with van der Waals surface area (Å²) in [5.41, 5.74) is 0.212. The minimum absolute atomic E-state index is 0.200. The zero-order valence-electron chi connectivity index (χ0n) is 10.6. The number of ether oxygens (including phenoxy) is 1. The maximum Gasteiger partial charge on any atom is 0.331 e. The van der Waals surface area contributed by atoms with Gasteiger partial charge in [-0.25, -0.2) is 9.78 Å². The molecule has 0 saturated heterocycles. The molecule has 6 nitrogen and oxygen atoms in total. The van der Waals surface area contributed by atoms with Gasteiger partial charge in [0.15, 0.2) is 11.8 Å². The standard InChI is InChI=1S/C12H15BrN2O4/c1-3-14-9(12(18)19-4-2)10(16)7-5-8(13)11(17)15-6-7/h5-6,9,14H,3-4H2,1-2H3,(H,15,17). The van der Waals surface area contributed by atoms with Crippen molar-refractivity contribution < 1.29 is 19.4 Å². The maximum absolute atomic E-state index is 12.2. The fourth-order valence-electron chi connectivity index (χ4n) is 1.44. The van der Waals surface area contributed by atoms with Crippen LogP contribution < -0.4 is 5.32 Å². The summed E-state index contributed by atoms with van der Waals surface area (Å²) in [6.07, 6.45) is 1.21. The number of hydrogen-bond donors (Lipinski definition) is 2. The van der Waals surface area contributed by atoms with Crippen LogP contribution in [0.25, 0.3) is 0 Å². The number of esters is 1. The first-order chi connectivity index (χ1) is 9.01. The first-order valence-corrected chi connectivity index (χ1v) is 6.59. The van der Waals surface area contributed by atoms with Crippen molar-refractivity contribution >= 4 is 27.7 Å². The third-order valence-corrected chi connectivity index (χ3v) is 2.88. The summed E-state index contributed by atoms with van der Waals surface area (Å²) in [7, 11) is 0. The van der Waals surface area contributed by atoms with Crippen molar-refractivity contribution in [3.63, 3.8) is 0 Å². The molecule has 1 aromatic heterocycles. The van der Waals surface area contributed by atoms with Gasteiger partial charge in [-0.3, -0.25) is 10.1 Å². The van der Waals surface area contributed by atoms with E-state index in [0.29, 0.717) is 6.54 Å². The second kappa shape index (κ2) is 7.20. The van der Waals surface area contributed by atoms with Gasteiger partial charge in [-0.15, -0.1) is 0 Å². The molecular formula is C12H15BrN2O4. The second-order valence-electron chi connectivity index (χ2n) is 3.64. The fraction of sp³-hybridized carbons (Fsp3) is 0.417. The largest absolute Gasteiger partial charge is 0.492 e. The topological polar surface area (TPSA) is 88.5 Å². The van der Waals surface area contributed by atoms with Crippen LogP contribution in [-0.4, -0.2) is 41.0 Å². The maximum atomic E-state index is 12.2. The SMILES string of the molecule is CCNC(C(=O)OCC)C(=O)c1cnc(O)c(Br)c1. The first-order valence-electron chi connectivity index (χ1n) is 5.80. The van der Waals surface area contributed by atoms with Crippen LogP contribution in [0.3, 0.4) is 0 Å². The number of carbonyl (C=O) groups is 2. The minimum Gasteiger partial charge on any atom is -0.492 e. The molecule has 1 aromatic rings. The molecule has 0 aromatic carbocycles. The van der Waals surface area contributed by atoms with Crippen LogP contribution in [0.1, 0.15) is 24.2 Å². The van der Waals surface area contributed by atoms with Crippen LogP contribution in [0.4, 0.5) is 0 Å². The van der Waals surface area contributed by atoms with Gasteiger partial charge in [0, 0.05) is 11.8 Å². The monoisotopic (exact) mass is 330 g/mol. The Labute approximate surface area is 119 Å². The van der Waals surface area contributed by atoms with E-state index in [-0.39, 0.29) is 22.5 Å². The van der Waals surface area contributed by atoms with Crippen molar-refractivity contribution in [2.75, 3.05) is 13.2 Å². The molecule has 0 aliphatic carbocycles. The molecule has 1 heterocycles. The van der Waals surface area contributed by atoms with Crippen LogP contribution in [0, 0.1) is 0 Å². The number of nitrogens with one attached hydrogen (secondary N) is 1. The van der Waals surface area contributed by atoms with E-state index < -0.39 is 17.8 Å². The van der Waals surface area contributed by atoms with Crippen LogP contribution >= 0.6 is 15.9 Å². The number of hydrogen-bond acceptors (Lipinski definition) is 6. The van der Waals surface area contributed by atoms with Crippen LogP contribution in [0.15, 0.2) is 16.7 Å². The van der Waals surface area contributed by atoms with Crippen molar-refractivity contribution in [3.05, 3.63) is 22.3 Å². The van der Waals surface area contributed by atoms with Gasteiger partial charge in [-0.2, -0.15) is 0 Å². The number of pyridine rings is 1. The number of Topliss-reactive ketones (excluding diaryl/α,β-unsaturated/α-hetero) is 1. The number of carbonyl (C=O) groups excluding carboxylic acids is 2. The number of ketones is 1. The highest BCUT2D eigenvalue weighted by Gasteiger charge is 2.28. The van der Waals surface area contributed by atoms with E-state index in [0.717, 1.165) is 0 Å². The highest BCUT2D eigenvalue weighted by molar-refractivity contribution is 9.10. The predicted molar refractivity (Wildman–Crippen MR) is 72.0 cm³/mol. The van der Waals surface area contributed by atoms with Gasteiger partial charge in [-0.05, 0) is 35.5 Å². The molecule has 7 heteroatoms. The molecule has 0 radical (unpaired) electrons. The van der Waals surface area contributed by atoms with E-state index >= 15 is 0 Å². The zero-order valence-corrected chi connectivity index (χ0v) is 12.2. The van der Waals surface area contributed by atoms with Crippen molar-refractivity contribution in [3.8, 4) is 5.88 Å². The van der Waals surface area contributed by atoms with Crippen molar-refractivity contribution in [1.82, 2.24) is 10.3 Å². The van der Waals surface area contributed by atoms with Gasteiger partial charge >= 0.3 is 5.97 Å². The molecule has 0 fully saturated rings. The van der Waals surface area contributed by atoms with Crippen LogP contribution in [-0.2, 0) is 9.53 Å². The summed E-state index contributed by atoms with van der Waals surface area (Å²) in [6.45, 7) is 4.10. The highest BCUT2D eigenvalue weighted by Crippen LogP contribution is 2.22. The summed E-state index contributed by atoms with van der Waals surface area (Å²) in [6, 6.07) is 0.344. The summed E-state index contributed by atoms with van der Waals surface area (Å²) < 4.78 is 5.14. The van der Waals surface area contributed by atoms with E-state index in [9.17, 15) is 14.7 Å². The third-order valence-electron chi connectivity index (χ3n) is 2.30. The first kappa shape index (κ1) is 15.6. The quantitative estimate of drug-likeness (QED) is 0.464. The fourth-order valence-corrected chi connectivity index (χ4v) is 1.79. The summed E-state index contributed by atoms with van der Waals surface area (Å²) in [5.74, 6) is -1.29. The number of likely N-dealkylation sites (N-methyl/N-ethyl adjacent to an activating group) is 1. The average Bonchev–Trinajstić information content (AvgIpc) is 2.38. The molecule has 0 spiro atoms. The smallest absolute Gasteiger partial charge is 0.331 e. The van der Waals surface area contributed by atoms with E-state index in [4.69, 9.17) is 4.74 Å². The van der Waals surface area contributed by atoms with Gasteiger partial charge in [-0.1, -0.05) is 6.92 Å². The Balaban J connectivity index is 2.98. The molecule has 0 saturated carbocycles. The normalized spacial score (nSPS) is 11.9. The van der Waals surface area contributed by atoms with Gasteiger partial charge in [0.05, 0.1) is 11.1 Å². The summed E-state index contributed by atoms with van der Waals surface area (Å²) in [4.78, 5) is 27.6. The lowest BCUT2D eigenvalue weighted by Gasteiger charge is -2.15. The lowest BCUT2D eigenvalue weighted by Crippen LogP contribution is -2.44. The van der Waals surface area contributed by atoms with Gasteiger partial charge in [0.1, 0.15) is 0 Å². The van der Waals surface area contributed by atoms with Gasteiger partial charge in [0.2, 0.25) is 5.88 Å². The molecule has 0 bridgehead atoms. The Kier molecular flexibility index (Phi) is 5.91. The zero-order chi connectivity index (χ0) is 14.4. The Morgan fingerprint density at radius 1 is 1.53 bits per heavy atom.